The van der Waals surface area contributed by atoms with Crippen molar-refractivity contribution in [3.8, 4) is 0 Å². The van der Waals surface area contributed by atoms with Crippen LogP contribution in [0.4, 0.5) is 0 Å². The van der Waals surface area contributed by atoms with Gasteiger partial charge in [0.15, 0.2) is 9.84 Å². The Morgan fingerprint density at radius 3 is 2.05 bits per heavy atom. The zero-order chi connectivity index (χ0) is 15.6. The molecular weight excluding hydrogens is 282 g/mol. The molecule has 0 aromatic rings. The number of sulfone groups is 1. The first-order valence-electron chi connectivity index (χ1n) is 6.68. The molecule has 7 heteroatoms. The Bertz CT molecular complexity index is 475. The molecule has 1 aliphatic carbocycles. The number of hydrogen-bond donors (Lipinski definition) is 1. The summed E-state index contributed by atoms with van der Waals surface area (Å²) in [4.78, 5) is 23.5. The van der Waals surface area contributed by atoms with Gasteiger partial charge >= 0.3 is 5.97 Å². The quantitative estimate of drug-likeness (QED) is 0.771. The van der Waals surface area contributed by atoms with Gasteiger partial charge in [0.25, 0.3) is 0 Å². The monoisotopic (exact) mass is 305 g/mol. The van der Waals surface area contributed by atoms with Crippen molar-refractivity contribution in [3.05, 3.63) is 0 Å². The summed E-state index contributed by atoms with van der Waals surface area (Å²) in [5, 5.41) is 2.77. The lowest BCUT2D eigenvalue weighted by molar-refractivity contribution is -0.146. The summed E-state index contributed by atoms with van der Waals surface area (Å²) < 4.78 is 26.4. The standard InChI is InChI=1S/C13H23NO5S/c1-13(2,20(4,17)18)12(16)14-10-7-5-9(6-8-10)11(15)19-3/h9-10H,5-8H2,1-4H3,(H,14,16). The molecule has 1 fully saturated rings. The van der Waals surface area contributed by atoms with Crippen LogP contribution in [0.3, 0.4) is 0 Å². The van der Waals surface area contributed by atoms with Gasteiger partial charge in [0.2, 0.25) is 5.91 Å². The first-order chi connectivity index (χ1) is 9.09. The van der Waals surface area contributed by atoms with E-state index in [1.807, 2.05) is 0 Å². The van der Waals surface area contributed by atoms with Crippen LogP contribution in [0, 0.1) is 5.92 Å². The fourth-order valence-corrected chi connectivity index (χ4v) is 2.56. The minimum atomic E-state index is -3.47. The average molecular weight is 305 g/mol. The fraction of sp³-hybridized carbons (Fsp3) is 0.846. The maximum Gasteiger partial charge on any atom is 0.308 e. The van der Waals surface area contributed by atoms with E-state index in [0.29, 0.717) is 25.7 Å². The number of ether oxygens (including phenoxy) is 1. The van der Waals surface area contributed by atoms with Crippen molar-refractivity contribution in [3.63, 3.8) is 0 Å². The average Bonchev–Trinajstić information content (AvgIpc) is 2.37. The lowest BCUT2D eigenvalue weighted by Crippen LogP contribution is -2.51. The van der Waals surface area contributed by atoms with E-state index in [2.05, 4.69) is 5.32 Å². The van der Waals surface area contributed by atoms with Crippen molar-refractivity contribution in [1.29, 1.82) is 0 Å². The topological polar surface area (TPSA) is 89.5 Å². The minimum Gasteiger partial charge on any atom is -0.469 e. The molecule has 1 aliphatic rings. The highest BCUT2D eigenvalue weighted by molar-refractivity contribution is 7.92. The van der Waals surface area contributed by atoms with Crippen LogP contribution in [0.5, 0.6) is 0 Å². The summed E-state index contributed by atoms with van der Waals surface area (Å²) in [5.74, 6) is -0.816. The highest BCUT2D eigenvalue weighted by Crippen LogP contribution is 2.26. The molecule has 0 atom stereocenters. The molecule has 20 heavy (non-hydrogen) atoms. The molecule has 116 valence electrons. The summed E-state index contributed by atoms with van der Waals surface area (Å²) >= 11 is 0. The molecule has 1 amide bonds. The summed E-state index contributed by atoms with van der Waals surface area (Å²) in [5.41, 5.74) is 0. The van der Waals surface area contributed by atoms with Gasteiger partial charge in [0.05, 0.1) is 13.0 Å². The van der Waals surface area contributed by atoms with Crippen LogP contribution in [-0.4, -0.2) is 44.4 Å². The Hall–Kier alpha value is -1.11. The van der Waals surface area contributed by atoms with Gasteiger partial charge < -0.3 is 10.1 Å². The summed E-state index contributed by atoms with van der Waals surface area (Å²) in [6.45, 7) is 2.80. The number of hydrogen-bond acceptors (Lipinski definition) is 5. The molecule has 0 bridgehead atoms. The first-order valence-corrected chi connectivity index (χ1v) is 8.57. The Balaban J connectivity index is 2.57. The zero-order valence-electron chi connectivity index (χ0n) is 12.4. The van der Waals surface area contributed by atoms with Gasteiger partial charge in [-0.1, -0.05) is 0 Å². The third kappa shape index (κ3) is 3.71. The molecule has 1 rings (SSSR count). The largest absolute Gasteiger partial charge is 0.469 e. The van der Waals surface area contributed by atoms with Crippen molar-refractivity contribution in [2.75, 3.05) is 13.4 Å². The third-order valence-corrected chi connectivity index (χ3v) is 6.11. The summed E-state index contributed by atoms with van der Waals surface area (Å²) in [7, 11) is -2.10. The van der Waals surface area contributed by atoms with Gasteiger partial charge in [-0.25, -0.2) is 8.42 Å². The van der Waals surface area contributed by atoms with Crippen molar-refractivity contribution in [2.45, 2.75) is 50.3 Å². The maximum absolute atomic E-state index is 12.1. The van der Waals surface area contributed by atoms with Crippen LogP contribution < -0.4 is 5.32 Å². The number of carbonyl (C=O) groups excluding carboxylic acids is 2. The van der Waals surface area contributed by atoms with E-state index in [9.17, 15) is 18.0 Å². The van der Waals surface area contributed by atoms with Gasteiger partial charge in [0.1, 0.15) is 4.75 Å². The number of rotatable bonds is 4. The molecule has 0 heterocycles. The Labute approximate surface area is 120 Å². The maximum atomic E-state index is 12.1. The molecule has 0 aromatic heterocycles. The van der Waals surface area contributed by atoms with E-state index in [-0.39, 0.29) is 17.9 Å². The third-order valence-electron chi connectivity index (χ3n) is 4.07. The minimum absolute atomic E-state index is 0.0792. The van der Waals surface area contributed by atoms with Crippen molar-refractivity contribution in [1.82, 2.24) is 5.32 Å². The van der Waals surface area contributed by atoms with Crippen LogP contribution in [0.1, 0.15) is 39.5 Å². The van der Waals surface area contributed by atoms with Gasteiger partial charge in [-0.15, -0.1) is 0 Å². The lowest BCUT2D eigenvalue weighted by atomic mass is 9.86. The second-order valence-corrected chi connectivity index (χ2v) is 8.39. The van der Waals surface area contributed by atoms with Gasteiger partial charge in [-0.2, -0.15) is 0 Å². The second kappa shape index (κ2) is 6.11. The van der Waals surface area contributed by atoms with Gasteiger partial charge in [-0.05, 0) is 39.5 Å². The molecule has 0 aliphatic heterocycles. The van der Waals surface area contributed by atoms with Crippen LogP contribution in [0.2, 0.25) is 0 Å². The molecule has 1 saturated carbocycles. The number of carbonyl (C=O) groups is 2. The smallest absolute Gasteiger partial charge is 0.308 e. The van der Waals surface area contributed by atoms with E-state index in [1.54, 1.807) is 0 Å². The van der Waals surface area contributed by atoms with Crippen LogP contribution in [0.25, 0.3) is 0 Å². The number of amides is 1. The van der Waals surface area contributed by atoms with Crippen molar-refractivity contribution in [2.24, 2.45) is 5.92 Å². The molecule has 0 unspecified atom stereocenters. The molecular formula is C13H23NO5S. The SMILES string of the molecule is COC(=O)C1CCC(NC(=O)C(C)(C)S(C)(=O)=O)CC1. The molecule has 0 spiro atoms. The normalized spacial score (nSPS) is 24.0. The zero-order valence-corrected chi connectivity index (χ0v) is 13.2. The molecule has 0 saturated heterocycles. The Morgan fingerprint density at radius 2 is 1.65 bits per heavy atom. The second-order valence-electron chi connectivity index (χ2n) is 5.83. The van der Waals surface area contributed by atoms with E-state index in [0.717, 1.165) is 6.26 Å². The fourth-order valence-electron chi connectivity index (χ4n) is 2.17. The van der Waals surface area contributed by atoms with Crippen molar-refractivity contribution >= 4 is 21.7 Å². The number of nitrogens with one attached hydrogen (secondary N) is 1. The van der Waals surface area contributed by atoms with E-state index in [4.69, 9.17) is 4.74 Å². The predicted molar refractivity (Wildman–Crippen MR) is 74.8 cm³/mol. The highest BCUT2D eigenvalue weighted by atomic mass is 32.2. The van der Waals surface area contributed by atoms with E-state index in [1.165, 1.54) is 21.0 Å². The van der Waals surface area contributed by atoms with E-state index < -0.39 is 20.5 Å². The highest BCUT2D eigenvalue weighted by Gasteiger charge is 2.39. The predicted octanol–water partition coefficient (Wildman–Crippen LogP) is 0.658. The molecule has 1 N–H and O–H groups in total. The van der Waals surface area contributed by atoms with Gasteiger partial charge in [0, 0.05) is 12.3 Å². The van der Waals surface area contributed by atoms with Crippen LogP contribution >= 0.6 is 0 Å². The number of esters is 1. The van der Waals surface area contributed by atoms with Crippen molar-refractivity contribution < 1.29 is 22.7 Å². The number of methoxy groups -OCH3 is 1. The Kier molecular flexibility index (Phi) is 5.18. The molecule has 0 aromatic carbocycles. The van der Waals surface area contributed by atoms with Crippen LogP contribution in [0.15, 0.2) is 0 Å². The van der Waals surface area contributed by atoms with Crippen LogP contribution in [-0.2, 0) is 24.2 Å². The first kappa shape index (κ1) is 16.9. The summed E-state index contributed by atoms with van der Waals surface area (Å²) in [6.07, 6.45) is 3.67. The summed E-state index contributed by atoms with van der Waals surface area (Å²) in [6, 6.07) is -0.0792. The Morgan fingerprint density at radius 1 is 1.15 bits per heavy atom. The van der Waals surface area contributed by atoms with Gasteiger partial charge in [-0.3, -0.25) is 9.59 Å². The molecule has 6 nitrogen and oxygen atoms in total. The lowest BCUT2D eigenvalue weighted by Gasteiger charge is -2.30. The molecule has 0 radical (unpaired) electrons. The van der Waals surface area contributed by atoms with E-state index >= 15 is 0 Å².